The summed E-state index contributed by atoms with van der Waals surface area (Å²) >= 11 is 3.10. The Morgan fingerprint density at radius 3 is 2.69 bits per heavy atom. The van der Waals surface area contributed by atoms with E-state index < -0.39 is 5.54 Å². The molecule has 2 rings (SSSR count). The van der Waals surface area contributed by atoms with Crippen LogP contribution in [0.25, 0.3) is 0 Å². The molecule has 1 aliphatic carbocycles. The fraction of sp³-hybridized carbons (Fsp3) is 0.417. The Kier molecular flexibility index (Phi) is 3.13. The smallest absolute Gasteiger partial charge is 0.156 e. The highest BCUT2D eigenvalue weighted by molar-refractivity contribution is 9.10. The molecule has 2 N–H and O–H groups in total. The maximum absolute atomic E-state index is 13.0. The van der Waals surface area contributed by atoms with Gasteiger partial charge in [-0.25, -0.2) is 4.39 Å². The second kappa shape index (κ2) is 4.26. The molecule has 1 aliphatic rings. The van der Waals surface area contributed by atoms with Gasteiger partial charge < -0.3 is 5.73 Å². The summed E-state index contributed by atoms with van der Waals surface area (Å²) in [4.78, 5) is 11.9. The van der Waals surface area contributed by atoms with Crippen LogP contribution in [0, 0.1) is 5.82 Å². The second-order valence-corrected chi connectivity index (χ2v) is 5.21. The Bertz CT molecular complexity index is 429. The van der Waals surface area contributed by atoms with Crippen molar-refractivity contribution in [2.75, 3.05) is 0 Å². The summed E-state index contributed by atoms with van der Waals surface area (Å²) in [5.74, 6) is -0.264. The number of hydrogen-bond acceptors (Lipinski definition) is 2. The lowest BCUT2D eigenvalue weighted by Gasteiger charge is -2.36. The molecule has 0 atom stereocenters. The monoisotopic (exact) mass is 285 g/mol. The molecule has 0 radical (unpaired) electrons. The molecule has 1 aromatic rings. The zero-order chi connectivity index (χ0) is 11.8. The number of benzene rings is 1. The summed E-state index contributed by atoms with van der Waals surface area (Å²) in [5, 5.41) is 0. The van der Waals surface area contributed by atoms with Gasteiger partial charge in [-0.15, -0.1) is 0 Å². The van der Waals surface area contributed by atoms with Gasteiger partial charge in [-0.2, -0.15) is 0 Å². The van der Waals surface area contributed by atoms with Gasteiger partial charge in [0.1, 0.15) is 5.82 Å². The Morgan fingerprint density at radius 1 is 1.50 bits per heavy atom. The highest BCUT2D eigenvalue weighted by Gasteiger charge is 2.39. The molecule has 0 aromatic heterocycles. The minimum atomic E-state index is -0.624. The number of hydrogen-bond donors (Lipinski definition) is 1. The Balaban J connectivity index is 2.09. The molecule has 16 heavy (non-hydrogen) atoms. The molecule has 0 spiro atoms. The average molecular weight is 286 g/mol. The zero-order valence-electron chi connectivity index (χ0n) is 8.80. The number of rotatable bonds is 3. The summed E-state index contributed by atoms with van der Waals surface area (Å²) in [6.07, 6.45) is 2.85. The van der Waals surface area contributed by atoms with Crippen molar-refractivity contribution in [2.24, 2.45) is 5.73 Å². The van der Waals surface area contributed by atoms with Crippen molar-refractivity contribution in [3.05, 3.63) is 34.1 Å². The van der Waals surface area contributed by atoms with Gasteiger partial charge in [0.25, 0.3) is 0 Å². The summed E-state index contributed by atoms with van der Waals surface area (Å²) in [6.45, 7) is 0. The molecule has 0 unspecified atom stereocenters. The molecule has 0 aliphatic heterocycles. The van der Waals surface area contributed by atoms with E-state index >= 15 is 0 Å². The quantitative estimate of drug-likeness (QED) is 0.928. The van der Waals surface area contributed by atoms with Crippen molar-refractivity contribution < 1.29 is 9.18 Å². The van der Waals surface area contributed by atoms with Crippen molar-refractivity contribution in [1.82, 2.24) is 0 Å². The van der Waals surface area contributed by atoms with E-state index in [1.807, 2.05) is 0 Å². The molecule has 1 saturated carbocycles. The van der Waals surface area contributed by atoms with Crippen molar-refractivity contribution in [3.8, 4) is 0 Å². The molecule has 86 valence electrons. The Hall–Kier alpha value is -0.740. The first-order valence-corrected chi connectivity index (χ1v) is 6.07. The zero-order valence-corrected chi connectivity index (χ0v) is 10.4. The van der Waals surface area contributed by atoms with Crippen molar-refractivity contribution in [2.45, 2.75) is 31.2 Å². The first kappa shape index (κ1) is 11.7. The standard InChI is InChI=1S/C12H13BrFNO/c13-9-6-8(2-3-10(9)14)7-11(16)12(15)4-1-5-12/h2-3,6H,1,4-5,7,15H2. The fourth-order valence-corrected chi connectivity index (χ4v) is 2.27. The van der Waals surface area contributed by atoms with E-state index in [9.17, 15) is 9.18 Å². The average Bonchev–Trinajstić information content (AvgIpc) is 2.20. The van der Waals surface area contributed by atoms with Crippen LogP contribution < -0.4 is 5.73 Å². The van der Waals surface area contributed by atoms with Crippen LogP contribution in [0.4, 0.5) is 4.39 Å². The third kappa shape index (κ3) is 2.18. The van der Waals surface area contributed by atoms with Gasteiger partial charge in [-0.1, -0.05) is 6.07 Å². The van der Waals surface area contributed by atoms with Gasteiger partial charge in [0.15, 0.2) is 5.78 Å². The third-order valence-corrected chi connectivity index (χ3v) is 3.76. The number of halogens is 2. The number of ketones is 1. The summed E-state index contributed by atoms with van der Waals surface area (Å²) < 4.78 is 13.4. The van der Waals surface area contributed by atoms with Crippen LogP contribution in [0.3, 0.4) is 0 Å². The van der Waals surface area contributed by atoms with Crippen LogP contribution >= 0.6 is 15.9 Å². The Labute approximate surface area is 102 Å². The van der Waals surface area contributed by atoms with Gasteiger partial charge in [-0.3, -0.25) is 4.79 Å². The van der Waals surface area contributed by atoms with Gasteiger partial charge in [0.05, 0.1) is 10.0 Å². The van der Waals surface area contributed by atoms with E-state index in [4.69, 9.17) is 5.73 Å². The molecular formula is C12H13BrFNO. The summed E-state index contributed by atoms with van der Waals surface area (Å²) in [7, 11) is 0. The van der Waals surface area contributed by atoms with E-state index in [0.717, 1.165) is 24.8 Å². The van der Waals surface area contributed by atoms with E-state index in [1.165, 1.54) is 6.07 Å². The van der Waals surface area contributed by atoms with Gasteiger partial charge in [0, 0.05) is 6.42 Å². The fourth-order valence-electron chi connectivity index (χ4n) is 1.85. The normalized spacial score (nSPS) is 17.9. The lowest BCUT2D eigenvalue weighted by atomic mass is 9.73. The van der Waals surface area contributed by atoms with E-state index in [2.05, 4.69) is 15.9 Å². The van der Waals surface area contributed by atoms with Crippen LogP contribution in [0.5, 0.6) is 0 Å². The summed E-state index contributed by atoms with van der Waals surface area (Å²) in [5.41, 5.74) is 6.10. The van der Waals surface area contributed by atoms with E-state index in [-0.39, 0.29) is 18.0 Å². The topological polar surface area (TPSA) is 43.1 Å². The largest absolute Gasteiger partial charge is 0.319 e. The first-order chi connectivity index (χ1) is 7.51. The molecule has 0 saturated heterocycles. The van der Waals surface area contributed by atoms with Crippen LogP contribution in [-0.4, -0.2) is 11.3 Å². The number of carbonyl (C=O) groups is 1. The van der Waals surface area contributed by atoms with Crippen molar-refractivity contribution >= 4 is 21.7 Å². The second-order valence-electron chi connectivity index (χ2n) is 4.36. The lowest BCUT2D eigenvalue weighted by Crippen LogP contribution is -2.54. The molecule has 1 aromatic carbocycles. The SMILES string of the molecule is NC1(C(=O)Cc2ccc(F)c(Br)c2)CCC1. The van der Waals surface area contributed by atoms with Gasteiger partial charge >= 0.3 is 0 Å². The minimum Gasteiger partial charge on any atom is -0.319 e. The Morgan fingerprint density at radius 2 is 2.19 bits per heavy atom. The number of nitrogens with two attached hydrogens (primary N) is 1. The number of carbonyl (C=O) groups excluding carboxylic acids is 1. The predicted octanol–water partition coefficient (Wildman–Crippen LogP) is 2.58. The van der Waals surface area contributed by atoms with Gasteiger partial charge in [0.2, 0.25) is 0 Å². The molecule has 4 heteroatoms. The van der Waals surface area contributed by atoms with Crippen LogP contribution in [0.1, 0.15) is 24.8 Å². The lowest BCUT2D eigenvalue weighted by molar-refractivity contribution is -0.126. The molecule has 2 nitrogen and oxygen atoms in total. The molecule has 0 amide bonds. The first-order valence-electron chi connectivity index (χ1n) is 5.27. The highest BCUT2D eigenvalue weighted by Crippen LogP contribution is 2.31. The summed E-state index contributed by atoms with van der Waals surface area (Å²) in [6, 6.07) is 4.62. The predicted molar refractivity (Wildman–Crippen MR) is 63.6 cm³/mol. The maximum Gasteiger partial charge on any atom is 0.156 e. The third-order valence-electron chi connectivity index (χ3n) is 3.15. The van der Waals surface area contributed by atoms with Gasteiger partial charge in [-0.05, 0) is 52.9 Å². The van der Waals surface area contributed by atoms with Crippen molar-refractivity contribution in [1.29, 1.82) is 0 Å². The van der Waals surface area contributed by atoms with Crippen LogP contribution in [0.15, 0.2) is 22.7 Å². The minimum absolute atomic E-state index is 0.0530. The molecule has 1 fully saturated rings. The molecule has 0 bridgehead atoms. The van der Waals surface area contributed by atoms with Crippen LogP contribution in [-0.2, 0) is 11.2 Å². The van der Waals surface area contributed by atoms with E-state index in [0.29, 0.717) is 4.47 Å². The highest BCUT2D eigenvalue weighted by atomic mass is 79.9. The van der Waals surface area contributed by atoms with E-state index in [1.54, 1.807) is 12.1 Å². The van der Waals surface area contributed by atoms with Crippen molar-refractivity contribution in [3.63, 3.8) is 0 Å². The maximum atomic E-state index is 13.0. The molecular weight excluding hydrogens is 273 g/mol. The van der Waals surface area contributed by atoms with Crippen LogP contribution in [0.2, 0.25) is 0 Å². The number of Topliss-reactive ketones (excluding diaryl/α,β-unsaturated/α-hetero) is 1. The molecule has 0 heterocycles.